The molecule has 4 aromatic rings. The number of hydrogen-bond donors (Lipinski definition) is 4. The Morgan fingerprint density at radius 1 is 0.976 bits per heavy atom. The number of aryl methyl sites for hydroxylation is 1. The minimum atomic E-state index is -1.38. The van der Waals surface area contributed by atoms with Gasteiger partial charge in [-0.05, 0) is 67.3 Å². The summed E-state index contributed by atoms with van der Waals surface area (Å²) in [7, 11) is 0. The molecule has 0 radical (unpaired) electrons. The lowest BCUT2D eigenvalue weighted by Crippen LogP contribution is -2.53. The van der Waals surface area contributed by atoms with Gasteiger partial charge in [-0.25, -0.2) is 4.90 Å². The predicted octanol–water partition coefficient (Wildman–Crippen LogP) is 3.91. The highest BCUT2D eigenvalue weighted by molar-refractivity contribution is 6.26. The van der Waals surface area contributed by atoms with Gasteiger partial charge in [0, 0.05) is 47.0 Å². The number of nitrogens with zero attached hydrogens (tertiary/aromatic N) is 1. The summed E-state index contributed by atoms with van der Waals surface area (Å²) in [5.74, 6) is -2.98. The molecular weight excluding hydrogens is 518 g/mol. The number of para-hydroxylation sites is 1. The second-order valence-electron chi connectivity index (χ2n) is 11.3. The van der Waals surface area contributed by atoms with Crippen LogP contribution in [0.5, 0.6) is 0 Å². The number of rotatable bonds is 4. The van der Waals surface area contributed by atoms with Crippen molar-refractivity contribution in [2.75, 3.05) is 15.5 Å². The van der Waals surface area contributed by atoms with Crippen LogP contribution in [0.15, 0.2) is 66.9 Å². The number of imide groups is 1. The van der Waals surface area contributed by atoms with Gasteiger partial charge in [-0.1, -0.05) is 30.3 Å². The zero-order chi connectivity index (χ0) is 28.6. The lowest BCUT2D eigenvalue weighted by Gasteiger charge is -2.29. The highest BCUT2D eigenvalue weighted by Crippen LogP contribution is 2.54. The van der Waals surface area contributed by atoms with Crippen LogP contribution in [0.4, 0.5) is 17.1 Å². The number of benzene rings is 3. The molecule has 2 fully saturated rings. The molecule has 4 amide bonds. The van der Waals surface area contributed by atoms with Gasteiger partial charge in [0.25, 0.3) is 0 Å². The number of H-pyrrole nitrogens is 1. The molecule has 3 aliphatic rings. The van der Waals surface area contributed by atoms with Gasteiger partial charge >= 0.3 is 0 Å². The van der Waals surface area contributed by atoms with E-state index in [-0.39, 0.29) is 17.7 Å². The van der Waals surface area contributed by atoms with Crippen molar-refractivity contribution in [3.8, 4) is 0 Å². The number of anilines is 3. The van der Waals surface area contributed by atoms with Crippen molar-refractivity contribution >= 4 is 51.6 Å². The van der Waals surface area contributed by atoms with E-state index in [0.717, 1.165) is 27.6 Å². The van der Waals surface area contributed by atoms with Crippen molar-refractivity contribution in [3.63, 3.8) is 0 Å². The standard InChI is InChI=1S/C32H29N5O4/c1-16-8-13-23-28(17(16)2)35-31(41)32(23)27-26(25(36-32)14-19-15-33-24-7-5-4-6-22(19)24)29(39)37(30(27)40)21-11-9-20(10-12-21)34-18(3)38/h4-13,15,25-27,33,36H,14H2,1-3H3,(H,34,38)(H,35,41)/t25-,26+,27-,32-/m0/s1. The molecule has 4 atom stereocenters. The average molecular weight is 548 g/mol. The zero-order valence-corrected chi connectivity index (χ0v) is 22.9. The Hall–Kier alpha value is -4.76. The van der Waals surface area contributed by atoms with E-state index in [4.69, 9.17) is 0 Å². The van der Waals surface area contributed by atoms with Crippen molar-refractivity contribution in [2.24, 2.45) is 11.8 Å². The summed E-state index contributed by atoms with van der Waals surface area (Å²) >= 11 is 0. The fourth-order valence-electron chi connectivity index (χ4n) is 6.98. The first-order valence-corrected chi connectivity index (χ1v) is 13.7. The Morgan fingerprint density at radius 2 is 1.73 bits per heavy atom. The molecule has 9 nitrogen and oxygen atoms in total. The van der Waals surface area contributed by atoms with E-state index in [0.29, 0.717) is 29.0 Å². The summed E-state index contributed by atoms with van der Waals surface area (Å²) in [6.07, 6.45) is 2.39. The maximum atomic E-state index is 14.3. The molecule has 4 N–H and O–H groups in total. The summed E-state index contributed by atoms with van der Waals surface area (Å²) in [4.78, 5) is 58.4. The number of nitrogens with one attached hydrogen (secondary N) is 4. The first-order valence-electron chi connectivity index (χ1n) is 13.7. The van der Waals surface area contributed by atoms with E-state index in [1.807, 2.05) is 56.4 Å². The van der Waals surface area contributed by atoms with Gasteiger partial charge in [0.05, 0.1) is 17.5 Å². The SMILES string of the molecule is CC(=O)Nc1ccc(N2C(=O)[C@@H]3[C@H](Cc4c[nH]c5ccccc45)N[C@]4(C(=O)Nc5c4ccc(C)c5C)[C@@H]3C2=O)cc1. The van der Waals surface area contributed by atoms with Gasteiger partial charge in [-0.2, -0.15) is 0 Å². The van der Waals surface area contributed by atoms with Crippen LogP contribution in [0.2, 0.25) is 0 Å². The van der Waals surface area contributed by atoms with E-state index >= 15 is 0 Å². The van der Waals surface area contributed by atoms with Crippen LogP contribution < -0.4 is 20.9 Å². The second kappa shape index (κ2) is 8.87. The largest absolute Gasteiger partial charge is 0.361 e. The minimum Gasteiger partial charge on any atom is -0.361 e. The molecule has 1 spiro atoms. The van der Waals surface area contributed by atoms with Gasteiger partial charge in [-0.3, -0.25) is 24.5 Å². The zero-order valence-electron chi connectivity index (χ0n) is 22.9. The van der Waals surface area contributed by atoms with E-state index in [9.17, 15) is 19.2 Å². The van der Waals surface area contributed by atoms with Crippen LogP contribution in [0.3, 0.4) is 0 Å². The lowest BCUT2D eigenvalue weighted by atomic mass is 9.75. The molecule has 0 unspecified atom stereocenters. The van der Waals surface area contributed by atoms with E-state index in [1.54, 1.807) is 24.3 Å². The summed E-state index contributed by atoms with van der Waals surface area (Å²) in [6.45, 7) is 5.35. The molecule has 206 valence electrons. The third-order valence-corrected chi connectivity index (χ3v) is 8.98. The molecule has 7 rings (SSSR count). The fraction of sp³-hybridized carbons (Fsp3) is 0.250. The first kappa shape index (κ1) is 25.2. The number of hydrogen-bond acceptors (Lipinski definition) is 5. The first-order chi connectivity index (χ1) is 19.7. The average Bonchev–Trinajstić information content (AvgIpc) is 3.66. The Bertz CT molecular complexity index is 1790. The molecule has 3 aromatic carbocycles. The summed E-state index contributed by atoms with van der Waals surface area (Å²) in [6, 6.07) is 17.9. The van der Waals surface area contributed by atoms with Crippen LogP contribution in [0.1, 0.15) is 29.2 Å². The molecular formula is C32H29N5O4. The van der Waals surface area contributed by atoms with Crippen molar-refractivity contribution in [3.05, 3.63) is 89.1 Å². The number of carbonyl (C=O) groups excluding carboxylic acids is 4. The summed E-state index contributed by atoms with van der Waals surface area (Å²) in [5, 5.41) is 10.3. The topological polar surface area (TPSA) is 123 Å². The smallest absolute Gasteiger partial charge is 0.250 e. The number of amides is 4. The van der Waals surface area contributed by atoms with Crippen molar-refractivity contribution in [1.29, 1.82) is 0 Å². The Morgan fingerprint density at radius 3 is 2.49 bits per heavy atom. The molecule has 2 saturated heterocycles. The van der Waals surface area contributed by atoms with Crippen molar-refractivity contribution < 1.29 is 19.2 Å². The number of aromatic nitrogens is 1. The summed E-state index contributed by atoms with van der Waals surface area (Å²) in [5.41, 5.74) is 4.94. The minimum absolute atomic E-state index is 0.217. The number of fused-ring (bicyclic) bond motifs is 5. The quantitative estimate of drug-likeness (QED) is 0.289. The fourth-order valence-corrected chi connectivity index (χ4v) is 6.98. The number of carbonyl (C=O) groups is 4. The molecule has 1 aromatic heterocycles. The van der Waals surface area contributed by atoms with Crippen LogP contribution in [-0.4, -0.2) is 34.7 Å². The van der Waals surface area contributed by atoms with E-state index < -0.39 is 29.3 Å². The number of aromatic amines is 1. The van der Waals surface area contributed by atoms with Gasteiger partial charge in [-0.15, -0.1) is 0 Å². The van der Waals surface area contributed by atoms with E-state index in [2.05, 4.69) is 20.9 Å². The van der Waals surface area contributed by atoms with Gasteiger partial charge in [0.2, 0.25) is 23.6 Å². The Labute approximate surface area is 236 Å². The normalized spacial score (nSPS) is 24.7. The van der Waals surface area contributed by atoms with Gasteiger partial charge in [0.15, 0.2) is 0 Å². The second-order valence-corrected chi connectivity index (χ2v) is 11.3. The Kier molecular flexibility index (Phi) is 5.46. The highest BCUT2D eigenvalue weighted by Gasteiger charge is 2.70. The monoisotopic (exact) mass is 547 g/mol. The molecule has 0 saturated carbocycles. The third-order valence-electron chi connectivity index (χ3n) is 8.98. The maximum Gasteiger partial charge on any atom is 0.250 e. The third kappa shape index (κ3) is 3.52. The van der Waals surface area contributed by atoms with Crippen LogP contribution in [0, 0.1) is 25.7 Å². The lowest BCUT2D eigenvalue weighted by molar-refractivity contribution is -0.130. The van der Waals surface area contributed by atoms with Gasteiger partial charge in [0.1, 0.15) is 5.54 Å². The summed E-state index contributed by atoms with van der Waals surface area (Å²) < 4.78 is 0. The van der Waals surface area contributed by atoms with Crippen molar-refractivity contribution in [1.82, 2.24) is 10.3 Å². The molecule has 0 aliphatic carbocycles. The van der Waals surface area contributed by atoms with Crippen LogP contribution >= 0.6 is 0 Å². The molecule has 3 aliphatic heterocycles. The van der Waals surface area contributed by atoms with Crippen LogP contribution in [0.25, 0.3) is 10.9 Å². The predicted molar refractivity (Wildman–Crippen MR) is 155 cm³/mol. The Balaban J connectivity index is 1.35. The van der Waals surface area contributed by atoms with Gasteiger partial charge < -0.3 is 15.6 Å². The highest BCUT2D eigenvalue weighted by atomic mass is 16.2. The van der Waals surface area contributed by atoms with E-state index in [1.165, 1.54) is 11.8 Å². The maximum absolute atomic E-state index is 14.3. The molecule has 4 heterocycles. The van der Waals surface area contributed by atoms with Crippen molar-refractivity contribution in [2.45, 2.75) is 38.8 Å². The molecule has 0 bridgehead atoms. The van der Waals surface area contributed by atoms with Crippen LogP contribution in [-0.2, 0) is 31.1 Å². The molecule has 41 heavy (non-hydrogen) atoms. The molecule has 9 heteroatoms.